The number of rotatable bonds is 3. The van der Waals surface area contributed by atoms with E-state index in [4.69, 9.17) is 0 Å². The number of nitrogens with one attached hydrogen (secondary N) is 1. The molecule has 1 fully saturated rings. The van der Waals surface area contributed by atoms with Gasteiger partial charge in [0.15, 0.2) is 0 Å². The van der Waals surface area contributed by atoms with Gasteiger partial charge in [-0.2, -0.15) is 0 Å². The summed E-state index contributed by atoms with van der Waals surface area (Å²) in [5.74, 6) is 0.476. The van der Waals surface area contributed by atoms with Crippen molar-refractivity contribution in [3.8, 4) is 0 Å². The first-order valence-corrected chi connectivity index (χ1v) is 9.22. The van der Waals surface area contributed by atoms with Crippen LogP contribution in [-0.2, 0) is 21.6 Å². The molecule has 1 aromatic rings. The Kier molecular flexibility index (Phi) is 4.70. The second kappa shape index (κ2) is 6.08. The molecular formula is C13H19NO2S2. The first kappa shape index (κ1) is 13.9. The van der Waals surface area contributed by atoms with Crippen molar-refractivity contribution >= 4 is 21.6 Å². The van der Waals surface area contributed by atoms with Crippen molar-refractivity contribution in [1.29, 1.82) is 0 Å². The van der Waals surface area contributed by atoms with Gasteiger partial charge in [-0.25, -0.2) is 0 Å². The van der Waals surface area contributed by atoms with Crippen molar-refractivity contribution in [2.75, 3.05) is 25.6 Å². The van der Waals surface area contributed by atoms with Crippen LogP contribution < -0.4 is 5.32 Å². The summed E-state index contributed by atoms with van der Waals surface area (Å²) in [5.41, 5.74) is 1.17. The molecule has 5 heteroatoms. The summed E-state index contributed by atoms with van der Waals surface area (Å²) in [7, 11) is -2.04. The lowest BCUT2D eigenvalue weighted by Crippen LogP contribution is -2.27. The van der Waals surface area contributed by atoms with Crippen LogP contribution in [0.15, 0.2) is 28.0 Å². The average molecular weight is 285 g/mol. The Hall–Kier alpha value is -0.520. The molecule has 1 N–H and O–H groups in total. The van der Waals surface area contributed by atoms with E-state index in [0.717, 1.165) is 35.7 Å². The monoisotopic (exact) mass is 285 g/mol. The summed E-state index contributed by atoms with van der Waals surface area (Å²) in [4.78, 5) is 1.62. The van der Waals surface area contributed by atoms with Crippen molar-refractivity contribution < 1.29 is 8.42 Å². The third-order valence-electron chi connectivity index (χ3n) is 3.41. The van der Waals surface area contributed by atoms with Gasteiger partial charge in [-0.3, -0.25) is 8.42 Å². The van der Waals surface area contributed by atoms with Crippen molar-refractivity contribution in [3.63, 3.8) is 0 Å². The van der Waals surface area contributed by atoms with Crippen LogP contribution in [0, 0.1) is 0 Å². The normalized spacial score (nSPS) is 20.6. The van der Waals surface area contributed by atoms with E-state index in [1.807, 2.05) is 18.2 Å². The minimum absolute atomic E-state index is 0.476. The molecule has 100 valence electrons. The molecule has 1 aromatic carbocycles. The summed E-state index contributed by atoms with van der Waals surface area (Å²) < 4.78 is 23.4. The van der Waals surface area contributed by atoms with Gasteiger partial charge in [0.25, 0.3) is 0 Å². The number of piperidine rings is 1. The van der Waals surface area contributed by atoms with Gasteiger partial charge in [0.2, 0.25) is 0 Å². The van der Waals surface area contributed by atoms with Crippen LogP contribution in [0.5, 0.6) is 0 Å². The third kappa shape index (κ3) is 3.08. The molecule has 2 atom stereocenters. The zero-order chi connectivity index (χ0) is 13.1. The maximum Gasteiger partial charge on any atom is 0.0501 e. The quantitative estimate of drug-likeness (QED) is 0.918. The molecule has 1 heterocycles. The van der Waals surface area contributed by atoms with Crippen LogP contribution in [0.25, 0.3) is 0 Å². The number of hydrogen-bond acceptors (Lipinski definition) is 3. The first-order valence-electron chi connectivity index (χ1n) is 6.11. The molecule has 0 aromatic heterocycles. The topological polar surface area (TPSA) is 46.2 Å². The summed E-state index contributed by atoms with van der Waals surface area (Å²) in [6, 6.07) is 5.77. The van der Waals surface area contributed by atoms with Gasteiger partial charge >= 0.3 is 0 Å². The largest absolute Gasteiger partial charge is 0.317 e. The van der Waals surface area contributed by atoms with Crippen molar-refractivity contribution in [2.45, 2.75) is 28.6 Å². The van der Waals surface area contributed by atoms with Crippen molar-refractivity contribution in [3.05, 3.63) is 23.8 Å². The Morgan fingerprint density at radius 3 is 2.33 bits per heavy atom. The van der Waals surface area contributed by atoms with E-state index < -0.39 is 21.6 Å². The van der Waals surface area contributed by atoms with Gasteiger partial charge in [-0.05, 0) is 49.5 Å². The molecule has 0 radical (unpaired) electrons. The van der Waals surface area contributed by atoms with Gasteiger partial charge in [-0.15, -0.1) is 0 Å². The standard InChI is InChI=1S/C13H19NO2S2/c1-17(15)11-3-4-12(13(9-11)18(2)16)10-5-7-14-8-6-10/h3-4,9-10,14H,5-8H2,1-2H3/t17-,18+/m0/s1. The Bertz CT molecular complexity index is 482. The first-order chi connectivity index (χ1) is 8.59. The highest BCUT2D eigenvalue weighted by Gasteiger charge is 2.20. The molecule has 18 heavy (non-hydrogen) atoms. The minimum atomic E-state index is -1.02. The minimum Gasteiger partial charge on any atom is -0.317 e. The summed E-state index contributed by atoms with van der Waals surface area (Å²) >= 11 is 0. The lowest BCUT2D eigenvalue weighted by molar-refractivity contribution is 0.455. The van der Waals surface area contributed by atoms with E-state index >= 15 is 0 Å². The molecule has 0 saturated carbocycles. The van der Waals surface area contributed by atoms with Gasteiger partial charge in [0.05, 0.1) is 10.8 Å². The van der Waals surface area contributed by atoms with Crippen LogP contribution in [0.3, 0.4) is 0 Å². The second-order valence-electron chi connectivity index (χ2n) is 4.63. The van der Waals surface area contributed by atoms with Gasteiger partial charge in [-0.1, -0.05) is 6.07 Å². The summed E-state index contributed by atoms with van der Waals surface area (Å²) in [5, 5.41) is 3.34. The Morgan fingerprint density at radius 2 is 1.78 bits per heavy atom. The Labute approximate surface area is 113 Å². The van der Waals surface area contributed by atoms with E-state index in [2.05, 4.69) is 5.32 Å². The molecule has 0 aliphatic carbocycles. The smallest absolute Gasteiger partial charge is 0.0501 e. The molecular weight excluding hydrogens is 266 g/mol. The van der Waals surface area contributed by atoms with Crippen LogP contribution >= 0.6 is 0 Å². The van der Waals surface area contributed by atoms with E-state index in [1.165, 1.54) is 5.56 Å². The van der Waals surface area contributed by atoms with Gasteiger partial charge in [0, 0.05) is 33.1 Å². The highest BCUT2D eigenvalue weighted by Crippen LogP contribution is 2.30. The molecule has 1 aliphatic heterocycles. The zero-order valence-electron chi connectivity index (χ0n) is 10.8. The van der Waals surface area contributed by atoms with Crippen LogP contribution in [0.1, 0.15) is 24.3 Å². The van der Waals surface area contributed by atoms with E-state index in [1.54, 1.807) is 12.5 Å². The molecule has 0 bridgehead atoms. The molecule has 3 nitrogen and oxygen atoms in total. The van der Waals surface area contributed by atoms with Crippen LogP contribution in [0.2, 0.25) is 0 Å². The van der Waals surface area contributed by atoms with Crippen LogP contribution in [0.4, 0.5) is 0 Å². The van der Waals surface area contributed by atoms with E-state index in [9.17, 15) is 8.42 Å². The molecule has 0 unspecified atom stereocenters. The highest BCUT2D eigenvalue weighted by molar-refractivity contribution is 7.85. The fraction of sp³-hybridized carbons (Fsp3) is 0.538. The van der Waals surface area contributed by atoms with E-state index in [-0.39, 0.29) is 0 Å². The zero-order valence-corrected chi connectivity index (χ0v) is 12.4. The Morgan fingerprint density at radius 1 is 1.11 bits per heavy atom. The van der Waals surface area contributed by atoms with Gasteiger partial charge < -0.3 is 5.32 Å². The van der Waals surface area contributed by atoms with Gasteiger partial charge in [0.1, 0.15) is 0 Å². The second-order valence-corrected chi connectivity index (χ2v) is 7.36. The lowest BCUT2D eigenvalue weighted by atomic mass is 9.90. The van der Waals surface area contributed by atoms with Crippen LogP contribution in [-0.4, -0.2) is 34.0 Å². The lowest BCUT2D eigenvalue weighted by Gasteiger charge is -2.24. The molecule has 0 amide bonds. The molecule has 1 saturated heterocycles. The van der Waals surface area contributed by atoms with Crippen molar-refractivity contribution in [2.24, 2.45) is 0 Å². The van der Waals surface area contributed by atoms with E-state index in [0.29, 0.717) is 5.92 Å². The molecule has 0 spiro atoms. The number of benzene rings is 1. The predicted molar refractivity (Wildman–Crippen MR) is 76.0 cm³/mol. The fourth-order valence-electron chi connectivity index (χ4n) is 2.41. The maximum atomic E-state index is 11.9. The molecule has 1 aliphatic rings. The summed E-state index contributed by atoms with van der Waals surface area (Å²) in [6.07, 6.45) is 5.52. The Balaban J connectivity index is 2.39. The summed E-state index contributed by atoms with van der Waals surface area (Å²) in [6.45, 7) is 2.03. The SMILES string of the molecule is C[S@](=O)c1ccc(C2CCNCC2)c([S@@](C)=O)c1. The highest BCUT2D eigenvalue weighted by atomic mass is 32.2. The van der Waals surface area contributed by atoms with Crippen molar-refractivity contribution in [1.82, 2.24) is 5.32 Å². The number of hydrogen-bond donors (Lipinski definition) is 1. The average Bonchev–Trinajstić information content (AvgIpc) is 2.39. The fourth-order valence-corrected chi connectivity index (χ4v) is 3.89. The third-order valence-corrected chi connectivity index (χ3v) is 5.30. The molecule has 2 rings (SSSR count). The predicted octanol–water partition coefficient (Wildman–Crippen LogP) is 1.63. The maximum absolute atomic E-state index is 11.9.